The highest BCUT2D eigenvalue weighted by molar-refractivity contribution is 5.94. The maximum atomic E-state index is 11.6. The third-order valence-electron chi connectivity index (χ3n) is 5.57. The molecule has 0 aliphatic rings. The second kappa shape index (κ2) is 8.82. The molecule has 0 aliphatic heterocycles. The first kappa shape index (κ1) is 22.0. The Hall–Kier alpha value is -4.86. The van der Waals surface area contributed by atoms with E-state index in [-0.39, 0.29) is 0 Å². The zero-order chi connectivity index (χ0) is 24.5. The summed E-state index contributed by atoms with van der Waals surface area (Å²) in [4.78, 5) is 20.8. The highest BCUT2D eigenvalue weighted by atomic mass is 16.5. The van der Waals surface area contributed by atoms with Crippen LogP contribution in [0.4, 0.5) is 11.6 Å². The maximum absolute atomic E-state index is 11.6. The fourth-order valence-corrected chi connectivity index (χ4v) is 3.90. The summed E-state index contributed by atoms with van der Waals surface area (Å²) in [5.74, 6) is 2.42. The van der Waals surface area contributed by atoms with Gasteiger partial charge in [0, 0.05) is 23.4 Å². The van der Waals surface area contributed by atoms with E-state index in [2.05, 4.69) is 15.4 Å². The number of rotatable bonds is 7. The molecular formula is C25H23N7O3. The Bertz CT molecular complexity index is 1550. The predicted molar refractivity (Wildman–Crippen MR) is 132 cm³/mol. The Morgan fingerprint density at radius 3 is 2.71 bits per heavy atom. The van der Waals surface area contributed by atoms with Crippen LogP contribution in [-0.4, -0.2) is 44.3 Å². The third-order valence-corrected chi connectivity index (χ3v) is 5.57. The molecule has 0 atom stereocenters. The van der Waals surface area contributed by atoms with Crippen molar-refractivity contribution < 1.29 is 14.3 Å². The van der Waals surface area contributed by atoms with Crippen molar-refractivity contribution in [1.29, 1.82) is 0 Å². The number of anilines is 2. The van der Waals surface area contributed by atoms with Gasteiger partial charge < -0.3 is 25.1 Å². The van der Waals surface area contributed by atoms with Crippen molar-refractivity contribution in [3.05, 3.63) is 78.4 Å². The van der Waals surface area contributed by atoms with Crippen molar-refractivity contribution >= 4 is 23.1 Å². The molecule has 0 bridgehead atoms. The third kappa shape index (κ3) is 4.12. The Morgan fingerprint density at radius 1 is 1.09 bits per heavy atom. The van der Waals surface area contributed by atoms with Crippen molar-refractivity contribution in [2.45, 2.75) is 6.92 Å². The van der Waals surface area contributed by atoms with Crippen LogP contribution in [0.2, 0.25) is 0 Å². The minimum atomic E-state index is -0.511. The number of carbonyl (C=O) groups excluding carboxylic acids is 1. The zero-order valence-corrected chi connectivity index (χ0v) is 19.4. The number of aryl methyl sites for hydroxylation is 1. The summed E-state index contributed by atoms with van der Waals surface area (Å²) in [5.41, 5.74) is 9.09. The minimum Gasteiger partial charge on any atom is -0.493 e. The first-order chi connectivity index (χ1) is 17.0. The van der Waals surface area contributed by atoms with Gasteiger partial charge in [-0.25, -0.2) is 14.5 Å². The number of hydrogen-bond acceptors (Lipinski definition) is 7. The summed E-state index contributed by atoms with van der Waals surface area (Å²) in [6.07, 6.45) is 5.39. The lowest BCUT2D eigenvalue weighted by atomic mass is 10.1. The summed E-state index contributed by atoms with van der Waals surface area (Å²) in [6.45, 7) is 1.96. The number of fused-ring (bicyclic) bond motifs is 1. The highest BCUT2D eigenvalue weighted by Crippen LogP contribution is 2.33. The Kier molecular flexibility index (Phi) is 5.54. The normalized spacial score (nSPS) is 10.9. The molecule has 0 saturated heterocycles. The lowest BCUT2D eigenvalue weighted by Crippen LogP contribution is -2.11. The monoisotopic (exact) mass is 469 g/mol. The van der Waals surface area contributed by atoms with Gasteiger partial charge >= 0.3 is 0 Å². The number of ether oxygens (including phenoxy) is 2. The smallest absolute Gasteiger partial charge is 0.248 e. The number of nitrogens with zero attached hydrogens (tertiary/aromatic N) is 5. The number of carbonyl (C=O) groups is 1. The van der Waals surface area contributed by atoms with E-state index >= 15 is 0 Å². The summed E-state index contributed by atoms with van der Waals surface area (Å²) in [5, 5.41) is 7.85. The number of aromatic nitrogens is 5. The molecule has 0 saturated carbocycles. The number of hydrogen-bond donors (Lipinski definition) is 2. The standard InChI is InChI=1S/C25H23N7O3/c1-15-10-18(12-20(34-2)22(15)35-3)31-13-21(27-14-31)28-25-19-8-5-9-32(19)30-24(29-25)17-7-4-6-16(11-17)23(26)33/h4-14H,1-3H3,(H2,26,33)(H,28,29,30). The van der Waals surface area contributed by atoms with Crippen LogP contribution in [0.1, 0.15) is 15.9 Å². The Balaban J connectivity index is 1.51. The Morgan fingerprint density at radius 2 is 1.94 bits per heavy atom. The minimum absolute atomic E-state index is 0.386. The van der Waals surface area contributed by atoms with E-state index in [1.807, 2.05) is 54.2 Å². The van der Waals surface area contributed by atoms with E-state index in [1.165, 1.54) is 0 Å². The van der Waals surface area contributed by atoms with Gasteiger partial charge in [-0.15, -0.1) is 5.10 Å². The van der Waals surface area contributed by atoms with Gasteiger partial charge in [0.15, 0.2) is 23.1 Å². The zero-order valence-electron chi connectivity index (χ0n) is 19.4. The molecule has 3 N–H and O–H groups in total. The number of amides is 1. The van der Waals surface area contributed by atoms with Crippen LogP contribution in [-0.2, 0) is 0 Å². The van der Waals surface area contributed by atoms with E-state index in [4.69, 9.17) is 20.2 Å². The van der Waals surface area contributed by atoms with Crippen molar-refractivity contribution in [3.8, 4) is 28.6 Å². The molecule has 35 heavy (non-hydrogen) atoms. The van der Waals surface area contributed by atoms with Crippen molar-refractivity contribution in [2.75, 3.05) is 19.5 Å². The molecule has 5 aromatic rings. The second-order valence-corrected chi connectivity index (χ2v) is 7.86. The van der Waals surface area contributed by atoms with Gasteiger partial charge in [-0.2, -0.15) is 0 Å². The second-order valence-electron chi connectivity index (χ2n) is 7.86. The van der Waals surface area contributed by atoms with Crippen LogP contribution < -0.4 is 20.5 Å². The summed E-state index contributed by atoms with van der Waals surface area (Å²) >= 11 is 0. The summed E-state index contributed by atoms with van der Waals surface area (Å²) in [6, 6.07) is 14.6. The van der Waals surface area contributed by atoms with E-state index in [9.17, 15) is 4.79 Å². The molecule has 5 rings (SSSR count). The fourth-order valence-electron chi connectivity index (χ4n) is 3.90. The molecule has 3 aromatic heterocycles. The van der Waals surface area contributed by atoms with Crippen LogP contribution in [0.25, 0.3) is 22.6 Å². The molecule has 0 aliphatic carbocycles. The Labute approximate surface area is 201 Å². The van der Waals surface area contributed by atoms with Crippen molar-refractivity contribution in [1.82, 2.24) is 24.1 Å². The molecule has 1 amide bonds. The quantitative estimate of drug-likeness (QED) is 0.372. The molecule has 0 unspecified atom stereocenters. The maximum Gasteiger partial charge on any atom is 0.248 e. The molecule has 10 heteroatoms. The number of benzene rings is 2. The van der Waals surface area contributed by atoms with Gasteiger partial charge in [-0.05, 0) is 42.8 Å². The van der Waals surface area contributed by atoms with E-state index in [1.54, 1.807) is 43.3 Å². The number of primary amides is 1. The molecule has 2 aromatic carbocycles. The van der Waals surface area contributed by atoms with Crippen LogP contribution >= 0.6 is 0 Å². The van der Waals surface area contributed by atoms with Gasteiger partial charge in [0.1, 0.15) is 17.7 Å². The van der Waals surface area contributed by atoms with Gasteiger partial charge in [0.25, 0.3) is 0 Å². The van der Waals surface area contributed by atoms with E-state index in [0.29, 0.717) is 40.1 Å². The van der Waals surface area contributed by atoms with Crippen LogP contribution in [0, 0.1) is 6.92 Å². The number of methoxy groups -OCH3 is 2. The van der Waals surface area contributed by atoms with Crippen LogP contribution in [0.15, 0.2) is 67.3 Å². The SMILES string of the molecule is COc1cc(-n2cnc(Nc3nc(-c4cccc(C(N)=O)c4)nn4cccc34)c2)cc(C)c1OC. The average molecular weight is 470 g/mol. The van der Waals surface area contributed by atoms with Crippen molar-refractivity contribution in [2.24, 2.45) is 5.73 Å². The van der Waals surface area contributed by atoms with Crippen LogP contribution in [0.5, 0.6) is 11.5 Å². The lowest BCUT2D eigenvalue weighted by Gasteiger charge is -2.13. The summed E-state index contributed by atoms with van der Waals surface area (Å²) in [7, 11) is 3.22. The van der Waals surface area contributed by atoms with E-state index in [0.717, 1.165) is 16.8 Å². The van der Waals surface area contributed by atoms with Crippen molar-refractivity contribution in [3.63, 3.8) is 0 Å². The molecule has 0 fully saturated rings. The highest BCUT2D eigenvalue weighted by Gasteiger charge is 2.14. The lowest BCUT2D eigenvalue weighted by molar-refractivity contribution is 0.100. The first-order valence-corrected chi connectivity index (χ1v) is 10.8. The van der Waals surface area contributed by atoms with Gasteiger partial charge in [0.2, 0.25) is 5.91 Å². The van der Waals surface area contributed by atoms with Gasteiger partial charge in [0.05, 0.1) is 26.1 Å². The molecule has 0 radical (unpaired) electrons. The average Bonchev–Trinajstić information content (AvgIpc) is 3.53. The number of imidazole rings is 1. The number of nitrogens with one attached hydrogen (secondary N) is 1. The first-order valence-electron chi connectivity index (χ1n) is 10.8. The number of nitrogens with two attached hydrogens (primary N) is 1. The fraction of sp³-hybridized carbons (Fsp3) is 0.120. The van der Waals surface area contributed by atoms with E-state index < -0.39 is 5.91 Å². The molecule has 10 nitrogen and oxygen atoms in total. The summed E-state index contributed by atoms with van der Waals surface area (Å²) < 4.78 is 14.5. The predicted octanol–water partition coefficient (Wildman–Crippen LogP) is 3.75. The molecular weight excluding hydrogens is 446 g/mol. The molecule has 0 spiro atoms. The van der Waals surface area contributed by atoms with Gasteiger partial charge in [-0.1, -0.05) is 12.1 Å². The molecule has 3 heterocycles. The molecule has 176 valence electrons. The van der Waals surface area contributed by atoms with Crippen LogP contribution in [0.3, 0.4) is 0 Å². The largest absolute Gasteiger partial charge is 0.493 e. The van der Waals surface area contributed by atoms with Gasteiger partial charge in [-0.3, -0.25) is 4.79 Å². The topological polar surface area (TPSA) is 122 Å².